The lowest BCUT2D eigenvalue weighted by Gasteiger charge is -2.04. The Morgan fingerprint density at radius 3 is 3.00 bits per heavy atom. The van der Waals surface area contributed by atoms with Gasteiger partial charge in [0, 0.05) is 17.1 Å². The third kappa shape index (κ3) is 1.79. The van der Waals surface area contributed by atoms with Gasteiger partial charge in [-0.1, -0.05) is 19.1 Å². The van der Waals surface area contributed by atoms with Crippen LogP contribution in [0.1, 0.15) is 18.2 Å². The molecule has 0 aliphatic carbocycles. The number of aromatic nitrogens is 3. The zero-order chi connectivity index (χ0) is 14.1. The zero-order valence-electron chi connectivity index (χ0n) is 11.0. The van der Waals surface area contributed by atoms with Crippen molar-refractivity contribution in [3.63, 3.8) is 0 Å². The summed E-state index contributed by atoms with van der Waals surface area (Å²) >= 11 is 0. The van der Waals surface area contributed by atoms with Gasteiger partial charge >= 0.3 is 0 Å². The second-order valence-electron chi connectivity index (χ2n) is 4.48. The Morgan fingerprint density at radius 2 is 2.25 bits per heavy atom. The molecule has 2 heterocycles. The van der Waals surface area contributed by atoms with Gasteiger partial charge in [-0.25, -0.2) is 9.97 Å². The van der Waals surface area contributed by atoms with E-state index in [0.717, 1.165) is 34.3 Å². The van der Waals surface area contributed by atoms with E-state index in [2.05, 4.69) is 21.0 Å². The highest BCUT2D eigenvalue weighted by atomic mass is 14.9. The average Bonchev–Trinajstić information content (AvgIpc) is 2.91. The van der Waals surface area contributed by atoms with E-state index in [-0.39, 0.29) is 0 Å². The molecule has 0 saturated heterocycles. The lowest BCUT2D eigenvalue weighted by atomic mass is 10.1. The maximum Gasteiger partial charge on any atom is 0.145 e. The highest BCUT2D eigenvalue weighted by Gasteiger charge is 2.11. The number of anilines is 1. The van der Waals surface area contributed by atoms with Gasteiger partial charge in [-0.3, -0.25) is 0 Å². The van der Waals surface area contributed by atoms with E-state index < -0.39 is 0 Å². The summed E-state index contributed by atoms with van der Waals surface area (Å²) in [6.07, 6.45) is 4.25. The number of aromatic amines is 1. The van der Waals surface area contributed by atoms with E-state index in [4.69, 9.17) is 11.0 Å². The summed E-state index contributed by atoms with van der Waals surface area (Å²) in [5, 5.41) is 10.1. The van der Waals surface area contributed by atoms with Crippen LogP contribution in [0.3, 0.4) is 0 Å². The first-order chi connectivity index (χ1) is 9.74. The van der Waals surface area contributed by atoms with Gasteiger partial charge < -0.3 is 10.7 Å². The normalized spacial score (nSPS) is 10.6. The number of fused-ring (bicyclic) bond motifs is 1. The minimum absolute atomic E-state index is 0.466. The number of para-hydroxylation sites is 1. The molecule has 0 spiro atoms. The number of nitriles is 1. The number of aryl methyl sites for hydroxylation is 1. The number of hydrogen-bond acceptors (Lipinski definition) is 4. The van der Waals surface area contributed by atoms with Gasteiger partial charge in [0.2, 0.25) is 0 Å². The van der Waals surface area contributed by atoms with E-state index in [9.17, 15) is 0 Å². The molecule has 0 amide bonds. The molecule has 3 aromatic rings. The Bertz CT molecular complexity index is 826. The van der Waals surface area contributed by atoms with E-state index in [0.29, 0.717) is 11.4 Å². The Morgan fingerprint density at radius 1 is 1.40 bits per heavy atom. The molecule has 0 radical (unpaired) electrons. The molecule has 5 nitrogen and oxygen atoms in total. The summed E-state index contributed by atoms with van der Waals surface area (Å²) in [5.41, 5.74) is 9.70. The summed E-state index contributed by atoms with van der Waals surface area (Å²) in [4.78, 5) is 11.9. The summed E-state index contributed by atoms with van der Waals surface area (Å²) in [6, 6.07) is 7.79. The van der Waals surface area contributed by atoms with Crippen LogP contribution in [0.15, 0.2) is 30.6 Å². The van der Waals surface area contributed by atoms with Crippen molar-refractivity contribution in [3.8, 4) is 17.3 Å². The molecule has 0 bridgehead atoms. The van der Waals surface area contributed by atoms with Crippen molar-refractivity contribution < 1.29 is 0 Å². The van der Waals surface area contributed by atoms with Gasteiger partial charge in [-0.05, 0) is 12.5 Å². The molecule has 3 rings (SSSR count). The third-order valence-corrected chi connectivity index (χ3v) is 3.32. The fourth-order valence-corrected chi connectivity index (χ4v) is 2.29. The number of nitrogens with zero attached hydrogens (tertiary/aromatic N) is 3. The van der Waals surface area contributed by atoms with Crippen LogP contribution < -0.4 is 5.73 Å². The summed E-state index contributed by atoms with van der Waals surface area (Å²) in [5.74, 6) is 0.466. The van der Waals surface area contributed by atoms with Crippen LogP contribution in [0.5, 0.6) is 0 Å². The number of nitrogen functional groups attached to an aromatic ring is 1. The summed E-state index contributed by atoms with van der Waals surface area (Å²) in [7, 11) is 0. The Kier molecular flexibility index (Phi) is 2.84. The van der Waals surface area contributed by atoms with Crippen molar-refractivity contribution in [3.05, 3.63) is 41.9 Å². The molecule has 98 valence electrons. The van der Waals surface area contributed by atoms with Gasteiger partial charge in [0.25, 0.3) is 0 Å². The lowest BCUT2D eigenvalue weighted by molar-refractivity contribution is 1.01. The predicted octanol–water partition coefficient (Wildman–Crippen LogP) is 2.64. The second-order valence-corrected chi connectivity index (χ2v) is 4.48. The number of nitrogens with one attached hydrogen (secondary N) is 1. The largest absolute Gasteiger partial charge is 0.382 e. The molecule has 0 atom stereocenters. The molecule has 2 aromatic heterocycles. The average molecular weight is 263 g/mol. The maximum atomic E-state index is 9.12. The van der Waals surface area contributed by atoms with Crippen LogP contribution in [-0.2, 0) is 6.42 Å². The van der Waals surface area contributed by atoms with Crippen LogP contribution in [0, 0.1) is 11.3 Å². The molecule has 1 aromatic carbocycles. The molecule has 5 heteroatoms. The Hall–Kier alpha value is -2.87. The van der Waals surface area contributed by atoms with E-state index in [1.807, 2.05) is 25.3 Å². The molecule has 3 N–H and O–H groups in total. The molecular formula is C15H13N5. The van der Waals surface area contributed by atoms with Crippen molar-refractivity contribution in [1.82, 2.24) is 15.0 Å². The van der Waals surface area contributed by atoms with Crippen molar-refractivity contribution in [1.29, 1.82) is 5.26 Å². The van der Waals surface area contributed by atoms with Crippen LogP contribution >= 0.6 is 0 Å². The van der Waals surface area contributed by atoms with Crippen molar-refractivity contribution >= 4 is 16.7 Å². The fraction of sp³-hybridized carbons (Fsp3) is 0.133. The number of benzene rings is 1. The first-order valence-corrected chi connectivity index (χ1v) is 6.36. The van der Waals surface area contributed by atoms with Crippen molar-refractivity contribution in [2.24, 2.45) is 0 Å². The predicted molar refractivity (Wildman–Crippen MR) is 77.8 cm³/mol. The molecule has 20 heavy (non-hydrogen) atoms. The maximum absolute atomic E-state index is 9.12. The van der Waals surface area contributed by atoms with Crippen molar-refractivity contribution in [2.75, 3.05) is 5.73 Å². The first kappa shape index (κ1) is 12.2. The highest BCUT2D eigenvalue weighted by Crippen LogP contribution is 2.29. The van der Waals surface area contributed by atoms with E-state index in [1.54, 1.807) is 12.3 Å². The fourth-order valence-electron chi connectivity index (χ4n) is 2.29. The zero-order valence-corrected chi connectivity index (χ0v) is 11.0. The molecule has 0 aliphatic heterocycles. The van der Waals surface area contributed by atoms with Gasteiger partial charge in [0.05, 0.1) is 28.7 Å². The first-order valence-electron chi connectivity index (χ1n) is 6.36. The van der Waals surface area contributed by atoms with Crippen LogP contribution in [-0.4, -0.2) is 15.0 Å². The molecule has 0 unspecified atom stereocenters. The highest BCUT2D eigenvalue weighted by molar-refractivity contribution is 5.97. The number of rotatable bonds is 2. The van der Waals surface area contributed by atoms with Gasteiger partial charge in [0.15, 0.2) is 0 Å². The third-order valence-electron chi connectivity index (χ3n) is 3.32. The number of H-pyrrole nitrogens is 1. The van der Waals surface area contributed by atoms with Gasteiger partial charge in [0.1, 0.15) is 11.9 Å². The van der Waals surface area contributed by atoms with E-state index in [1.165, 1.54) is 0 Å². The molecule has 0 saturated carbocycles. The molecular weight excluding hydrogens is 250 g/mol. The SMILES string of the molecule is CCc1nc(-c2c[nH]c3c(C#N)cccc23)cnc1N. The molecule has 0 fully saturated rings. The van der Waals surface area contributed by atoms with Crippen LogP contribution in [0.4, 0.5) is 5.82 Å². The second kappa shape index (κ2) is 4.67. The van der Waals surface area contributed by atoms with Gasteiger partial charge in [-0.2, -0.15) is 5.26 Å². The summed E-state index contributed by atoms with van der Waals surface area (Å²) in [6.45, 7) is 1.99. The topological polar surface area (TPSA) is 91.4 Å². The number of hydrogen-bond donors (Lipinski definition) is 2. The number of nitrogens with two attached hydrogens (primary N) is 1. The van der Waals surface area contributed by atoms with Crippen molar-refractivity contribution in [2.45, 2.75) is 13.3 Å². The smallest absolute Gasteiger partial charge is 0.145 e. The van der Waals surface area contributed by atoms with Crippen LogP contribution in [0.25, 0.3) is 22.2 Å². The molecule has 0 aliphatic rings. The standard InChI is InChI=1S/C15H13N5/c1-2-12-15(17)19-8-13(20-12)11-7-18-14-9(6-16)4-3-5-10(11)14/h3-5,7-8,18H,2H2,1H3,(H2,17,19). The minimum atomic E-state index is 0.466. The Balaban J connectivity index is 2.23. The Labute approximate surface area is 116 Å². The lowest BCUT2D eigenvalue weighted by Crippen LogP contribution is -2.00. The minimum Gasteiger partial charge on any atom is -0.382 e. The summed E-state index contributed by atoms with van der Waals surface area (Å²) < 4.78 is 0. The monoisotopic (exact) mass is 263 g/mol. The van der Waals surface area contributed by atoms with Gasteiger partial charge in [-0.15, -0.1) is 0 Å². The van der Waals surface area contributed by atoms with Crippen LogP contribution in [0.2, 0.25) is 0 Å². The van der Waals surface area contributed by atoms with E-state index >= 15 is 0 Å². The quantitative estimate of drug-likeness (QED) is 0.743.